The van der Waals surface area contributed by atoms with Crippen molar-refractivity contribution in [3.05, 3.63) is 60.7 Å². The zero-order valence-corrected chi connectivity index (χ0v) is 16.8. The van der Waals surface area contributed by atoms with Crippen LogP contribution in [0, 0.1) is 0 Å². The molecular formula is C23H30N4O2. The lowest BCUT2D eigenvalue weighted by atomic mass is 10.1. The number of aryl methyl sites for hydroxylation is 1. The average molecular weight is 395 g/mol. The molecule has 4 rings (SSSR count). The number of fused-ring (bicyclic) bond motifs is 1. The molecule has 1 saturated heterocycles. The predicted molar refractivity (Wildman–Crippen MR) is 115 cm³/mol. The molecular weight excluding hydrogens is 364 g/mol. The summed E-state index contributed by atoms with van der Waals surface area (Å²) in [6, 6.07) is 14.4. The van der Waals surface area contributed by atoms with Crippen LogP contribution in [0.15, 0.2) is 59.3 Å². The lowest BCUT2D eigenvalue weighted by molar-refractivity contribution is 0.143. The largest absolute Gasteiger partial charge is 0.468 e. The summed E-state index contributed by atoms with van der Waals surface area (Å²) in [7, 11) is 0. The number of hydrogen-bond acceptors (Lipinski definition) is 3. The Labute approximate surface area is 171 Å². The Kier molecular flexibility index (Phi) is 6.52. The number of carbonyl (C=O) groups excluding carboxylic acids is 1. The van der Waals surface area contributed by atoms with Gasteiger partial charge in [-0.1, -0.05) is 24.6 Å². The summed E-state index contributed by atoms with van der Waals surface area (Å²) in [6.07, 6.45) is 8.40. The lowest BCUT2D eigenvalue weighted by Gasteiger charge is -2.33. The Morgan fingerprint density at radius 3 is 2.72 bits per heavy atom. The normalized spacial score (nSPS) is 16.0. The van der Waals surface area contributed by atoms with E-state index in [9.17, 15) is 4.79 Å². The highest BCUT2D eigenvalue weighted by molar-refractivity contribution is 5.79. The molecule has 2 amide bonds. The number of likely N-dealkylation sites (tertiary alicyclic amines) is 1. The van der Waals surface area contributed by atoms with Crippen LogP contribution in [0.5, 0.6) is 0 Å². The van der Waals surface area contributed by atoms with Gasteiger partial charge in [0.2, 0.25) is 0 Å². The van der Waals surface area contributed by atoms with Crippen LogP contribution in [0.2, 0.25) is 0 Å². The number of para-hydroxylation sites is 1. The van der Waals surface area contributed by atoms with E-state index < -0.39 is 0 Å². The molecule has 6 heteroatoms. The van der Waals surface area contributed by atoms with Gasteiger partial charge in [0.1, 0.15) is 5.76 Å². The molecule has 1 aliphatic rings. The van der Waals surface area contributed by atoms with E-state index in [-0.39, 0.29) is 12.1 Å². The van der Waals surface area contributed by atoms with Crippen molar-refractivity contribution < 1.29 is 9.21 Å². The number of aromatic nitrogens is 1. The molecule has 0 bridgehead atoms. The molecule has 0 spiro atoms. The molecule has 0 aliphatic carbocycles. The molecule has 1 aromatic carbocycles. The van der Waals surface area contributed by atoms with E-state index >= 15 is 0 Å². The van der Waals surface area contributed by atoms with E-state index in [1.165, 1.54) is 30.2 Å². The number of piperidine rings is 1. The van der Waals surface area contributed by atoms with Crippen molar-refractivity contribution in [1.82, 2.24) is 20.1 Å². The first kappa shape index (κ1) is 19.6. The van der Waals surface area contributed by atoms with Crippen LogP contribution in [-0.2, 0) is 6.54 Å². The lowest BCUT2D eigenvalue weighted by Crippen LogP contribution is -2.43. The maximum Gasteiger partial charge on any atom is 0.314 e. The highest BCUT2D eigenvalue weighted by Gasteiger charge is 2.24. The summed E-state index contributed by atoms with van der Waals surface area (Å²) in [5, 5.41) is 7.27. The van der Waals surface area contributed by atoms with E-state index in [0.29, 0.717) is 13.1 Å². The SMILES string of the molecule is O=C(NCCCn1ccc2ccccc21)NCC(c1ccco1)N1CCCCC1. The summed E-state index contributed by atoms with van der Waals surface area (Å²) in [6.45, 7) is 4.20. The van der Waals surface area contributed by atoms with Crippen molar-refractivity contribution in [2.45, 2.75) is 38.3 Å². The fourth-order valence-corrected chi connectivity index (χ4v) is 4.16. The summed E-state index contributed by atoms with van der Waals surface area (Å²) in [5.41, 5.74) is 1.24. The smallest absolute Gasteiger partial charge is 0.314 e. The molecule has 0 radical (unpaired) electrons. The molecule has 0 saturated carbocycles. The van der Waals surface area contributed by atoms with E-state index in [0.717, 1.165) is 31.8 Å². The van der Waals surface area contributed by atoms with Gasteiger partial charge in [-0.2, -0.15) is 0 Å². The van der Waals surface area contributed by atoms with Crippen LogP contribution in [0.3, 0.4) is 0 Å². The third-order valence-corrected chi connectivity index (χ3v) is 5.70. The fraction of sp³-hybridized carbons (Fsp3) is 0.435. The number of carbonyl (C=O) groups is 1. The monoisotopic (exact) mass is 394 g/mol. The number of furan rings is 1. The number of urea groups is 1. The summed E-state index contributed by atoms with van der Waals surface area (Å²) < 4.78 is 7.87. The Balaban J connectivity index is 1.22. The number of benzene rings is 1. The first-order valence-electron chi connectivity index (χ1n) is 10.6. The molecule has 154 valence electrons. The minimum absolute atomic E-state index is 0.0993. The van der Waals surface area contributed by atoms with Crippen LogP contribution in [0.1, 0.15) is 37.5 Å². The molecule has 3 heterocycles. The van der Waals surface area contributed by atoms with Gasteiger partial charge in [-0.15, -0.1) is 0 Å². The molecule has 1 aliphatic heterocycles. The van der Waals surface area contributed by atoms with Crippen molar-refractivity contribution in [1.29, 1.82) is 0 Å². The van der Waals surface area contributed by atoms with Crippen molar-refractivity contribution in [2.75, 3.05) is 26.2 Å². The predicted octanol–water partition coefficient (Wildman–Crippen LogP) is 4.15. The second-order valence-corrected chi connectivity index (χ2v) is 7.69. The minimum Gasteiger partial charge on any atom is -0.468 e. The molecule has 1 fully saturated rings. The topological polar surface area (TPSA) is 62.4 Å². The van der Waals surface area contributed by atoms with Crippen molar-refractivity contribution in [3.8, 4) is 0 Å². The van der Waals surface area contributed by atoms with Gasteiger partial charge < -0.3 is 19.6 Å². The molecule has 1 unspecified atom stereocenters. The second kappa shape index (κ2) is 9.65. The molecule has 2 N–H and O–H groups in total. The van der Waals surface area contributed by atoms with Crippen molar-refractivity contribution in [2.24, 2.45) is 0 Å². The maximum absolute atomic E-state index is 12.3. The van der Waals surface area contributed by atoms with Gasteiger partial charge in [0.25, 0.3) is 0 Å². The maximum atomic E-state index is 12.3. The highest BCUT2D eigenvalue weighted by atomic mass is 16.3. The Hall–Kier alpha value is -2.73. The molecule has 3 aromatic rings. The van der Waals surface area contributed by atoms with Crippen LogP contribution in [0.25, 0.3) is 10.9 Å². The van der Waals surface area contributed by atoms with Gasteiger partial charge in [-0.25, -0.2) is 4.79 Å². The Bertz CT molecular complexity index is 897. The van der Waals surface area contributed by atoms with Gasteiger partial charge in [-0.05, 0) is 62.0 Å². The third kappa shape index (κ3) is 5.01. The van der Waals surface area contributed by atoms with Crippen LogP contribution in [-0.4, -0.2) is 41.7 Å². The second-order valence-electron chi connectivity index (χ2n) is 7.69. The van der Waals surface area contributed by atoms with E-state index in [1.807, 2.05) is 12.1 Å². The van der Waals surface area contributed by atoms with E-state index in [2.05, 4.69) is 56.6 Å². The van der Waals surface area contributed by atoms with Crippen LogP contribution < -0.4 is 10.6 Å². The van der Waals surface area contributed by atoms with Gasteiger partial charge in [-0.3, -0.25) is 4.90 Å². The molecule has 1 atom stereocenters. The number of amides is 2. The van der Waals surface area contributed by atoms with E-state index in [1.54, 1.807) is 6.26 Å². The standard InChI is InChI=1S/C23H30N4O2/c28-23(24-12-7-15-27-16-11-19-8-2-3-9-20(19)27)25-18-21(22-10-6-17-29-22)26-13-4-1-5-14-26/h2-3,6,8-11,16-17,21H,1,4-5,7,12-15,18H2,(H2,24,25,28). The van der Waals surface area contributed by atoms with Crippen LogP contribution >= 0.6 is 0 Å². The first-order valence-corrected chi connectivity index (χ1v) is 10.6. The molecule has 2 aromatic heterocycles. The quantitative estimate of drug-likeness (QED) is 0.564. The average Bonchev–Trinajstić information content (AvgIpc) is 3.43. The van der Waals surface area contributed by atoms with Gasteiger partial charge in [0.05, 0.1) is 12.3 Å². The fourth-order valence-electron chi connectivity index (χ4n) is 4.16. The van der Waals surface area contributed by atoms with E-state index in [4.69, 9.17) is 4.42 Å². The van der Waals surface area contributed by atoms with Crippen LogP contribution in [0.4, 0.5) is 4.79 Å². The Morgan fingerprint density at radius 1 is 1.03 bits per heavy atom. The zero-order chi connectivity index (χ0) is 19.9. The van der Waals surface area contributed by atoms with Gasteiger partial charge in [0, 0.05) is 31.3 Å². The Morgan fingerprint density at radius 2 is 1.90 bits per heavy atom. The van der Waals surface area contributed by atoms with Gasteiger partial charge in [0.15, 0.2) is 0 Å². The highest BCUT2D eigenvalue weighted by Crippen LogP contribution is 2.24. The summed E-state index contributed by atoms with van der Waals surface area (Å²) in [5.74, 6) is 0.923. The first-order chi connectivity index (χ1) is 14.3. The minimum atomic E-state index is -0.115. The summed E-state index contributed by atoms with van der Waals surface area (Å²) >= 11 is 0. The number of rotatable bonds is 8. The summed E-state index contributed by atoms with van der Waals surface area (Å²) in [4.78, 5) is 14.7. The molecule has 6 nitrogen and oxygen atoms in total. The third-order valence-electron chi connectivity index (χ3n) is 5.70. The molecule has 29 heavy (non-hydrogen) atoms. The zero-order valence-electron chi connectivity index (χ0n) is 16.8. The number of hydrogen-bond donors (Lipinski definition) is 2. The number of nitrogens with one attached hydrogen (secondary N) is 2. The van der Waals surface area contributed by atoms with Crippen molar-refractivity contribution in [3.63, 3.8) is 0 Å². The number of nitrogens with zero attached hydrogens (tertiary/aromatic N) is 2. The van der Waals surface area contributed by atoms with Gasteiger partial charge >= 0.3 is 6.03 Å². The van der Waals surface area contributed by atoms with Crippen molar-refractivity contribution >= 4 is 16.9 Å².